The highest BCUT2D eigenvalue weighted by atomic mass is 16.3. The lowest BCUT2D eigenvalue weighted by atomic mass is 10.1. The molecule has 0 saturated heterocycles. The van der Waals surface area contributed by atoms with E-state index >= 15 is 0 Å². The number of aromatic amines is 1. The van der Waals surface area contributed by atoms with Gasteiger partial charge in [0.15, 0.2) is 0 Å². The first-order chi connectivity index (χ1) is 9.81. The Morgan fingerprint density at radius 1 is 1.05 bits per heavy atom. The standard InChI is InChI=1S/C15H14N4O/c20-14-6-5-13(17-10-14)9-16-12-3-1-11(2-4-12)15-7-8-18-19-15/h1-8,10,16,20H,9H2,(H,18,19). The first-order valence-corrected chi connectivity index (χ1v) is 6.29. The fraction of sp³-hybridized carbons (Fsp3) is 0.0667. The van der Waals surface area contributed by atoms with Crippen LogP contribution >= 0.6 is 0 Å². The minimum absolute atomic E-state index is 0.178. The normalized spacial score (nSPS) is 10.4. The molecule has 0 amide bonds. The predicted molar refractivity (Wildman–Crippen MR) is 77.3 cm³/mol. The van der Waals surface area contributed by atoms with Crippen LogP contribution in [0.2, 0.25) is 0 Å². The van der Waals surface area contributed by atoms with Crippen molar-refractivity contribution in [2.75, 3.05) is 5.32 Å². The zero-order valence-electron chi connectivity index (χ0n) is 10.7. The molecule has 5 heteroatoms. The molecule has 0 atom stereocenters. The highest BCUT2D eigenvalue weighted by molar-refractivity contribution is 5.62. The van der Waals surface area contributed by atoms with Crippen LogP contribution in [0.5, 0.6) is 5.75 Å². The second-order valence-corrected chi connectivity index (χ2v) is 4.41. The molecule has 2 heterocycles. The zero-order valence-corrected chi connectivity index (χ0v) is 10.7. The number of H-pyrrole nitrogens is 1. The van der Waals surface area contributed by atoms with Crippen molar-refractivity contribution in [2.24, 2.45) is 0 Å². The molecule has 0 radical (unpaired) electrons. The number of rotatable bonds is 4. The summed E-state index contributed by atoms with van der Waals surface area (Å²) in [4.78, 5) is 4.13. The molecule has 0 saturated carbocycles. The quantitative estimate of drug-likeness (QED) is 0.679. The Balaban J connectivity index is 1.65. The summed E-state index contributed by atoms with van der Waals surface area (Å²) < 4.78 is 0. The first-order valence-electron chi connectivity index (χ1n) is 6.29. The van der Waals surface area contributed by atoms with E-state index in [-0.39, 0.29) is 5.75 Å². The molecule has 5 nitrogen and oxygen atoms in total. The van der Waals surface area contributed by atoms with Gasteiger partial charge in [0.2, 0.25) is 0 Å². The molecule has 3 rings (SSSR count). The Bertz CT molecular complexity index is 660. The minimum atomic E-state index is 0.178. The van der Waals surface area contributed by atoms with Gasteiger partial charge in [0.1, 0.15) is 5.75 Å². The van der Waals surface area contributed by atoms with Crippen LogP contribution in [0.25, 0.3) is 11.3 Å². The second kappa shape index (κ2) is 5.44. The predicted octanol–water partition coefficient (Wildman–Crippen LogP) is 2.79. The molecular formula is C15H14N4O. The smallest absolute Gasteiger partial charge is 0.133 e. The molecular weight excluding hydrogens is 252 g/mol. The molecule has 0 spiro atoms. The lowest BCUT2D eigenvalue weighted by Gasteiger charge is -2.06. The molecule has 100 valence electrons. The van der Waals surface area contributed by atoms with E-state index in [1.807, 2.05) is 30.3 Å². The third-order valence-corrected chi connectivity index (χ3v) is 2.98. The maximum absolute atomic E-state index is 9.17. The van der Waals surface area contributed by atoms with Gasteiger partial charge in [0.05, 0.1) is 24.1 Å². The van der Waals surface area contributed by atoms with Crippen molar-refractivity contribution in [3.05, 3.63) is 60.6 Å². The summed E-state index contributed by atoms with van der Waals surface area (Å²) in [6.45, 7) is 0.615. The molecule has 0 aliphatic heterocycles. The number of nitrogens with zero attached hydrogens (tertiary/aromatic N) is 2. The number of hydrogen-bond donors (Lipinski definition) is 3. The molecule has 0 unspecified atom stereocenters. The monoisotopic (exact) mass is 266 g/mol. The van der Waals surface area contributed by atoms with Crippen LogP contribution in [0, 0.1) is 0 Å². The van der Waals surface area contributed by atoms with Crippen LogP contribution in [0.15, 0.2) is 54.9 Å². The van der Waals surface area contributed by atoms with Gasteiger partial charge >= 0.3 is 0 Å². The third kappa shape index (κ3) is 2.77. The van der Waals surface area contributed by atoms with Crippen molar-refractivity contribution in [2.45, 2.75) is 6.54 Å². The number of benzene rings is 1. The zero-order chi connectivity index (χ0) is 13.8. The van der Waals surface area contributed by atoms with E-state index in [4.69, 9.17) is 0 Å². The lowest BCUT2D eigenvalue weighted by Crippen LogP contribution is -2.00. The Labute approximate surface area is 116 Å². The molecule has 0 aliphatic rings. The maximum Gasteiger partial charge on any atom is 0.133 e. The van der Waals surface area contributed by atoms with Gasteiger partial charge in [0, 0.05) is 11.9 Å². The summed E-state index contributed by atoms with van der Waals surface area (Å²) >= 11 is 0. The van der Waals surface area contributed by atoms with Gasteiger partial charge in [-0.1, -0.05) is 12.1 Å². The Morgan fingerprint density at radius 2 is 1.90 bits per heavy atom. The van der Waals surface area contributed by atoms with Crippen LogP contribution < -0.4 is 5.32 Å². The average molecular weight is 266 g/mol. The summed E-state index contributed by atoms with van der Waals surface area (Å²) in [6.07, 6.45) is 3.18. The van der Waals surface area contributed by atoms with E-state index in [0.717, 1.165) is 22.6 Å². The van der Waals surface area contributed by atoms with Crippen molar-refractivity contribution in [1.29, 1.82) is 0 Å². The maximum atomic E-state index is 9.17. The average Bonchev–Trinajstić information content (AvgIpc) is 3.01. The summed E-state index contributed by atoms with van der Waals surface area (Å²) in [5, 5.41) is 19.3. The fourth-order valence-electron chi connectivity index (χ4n) is 1.90. The van der Waals surface area contributed by atoms with Crippen molar-refractivity contribution in [1.82, 2.24) is 15.2 Å². The van der Waals surface area contributed by atoms with E-state index in [0.29, 0.717) is 6.54 Å². The van der Waals surface area contributed by atoms with Gasteiger partial charge in [-0.3, -0.25) is 10.1 Å². The summed E-state index contributed by atoms with van der Waals surface area (Å²) in [6, 6.07) is 13.4. The van der Waals surface area contributed by atoms with Gasteiger partial charge in [-0.05, 0) is 35.9 Å². The minimum Gasteiger partial charge on any atom is -0.506 e. The van der Waals surface area contributed by atoms with E-state index in [1.54, 1.807) is 18.3 Å². The molecule has 1 aromatic carbocycles. The SMILES string of the molecule is Oc1ccc(CNc2ccc(-c3ccn[nH]3)cc2)nc1. The number of anilines is 1. The van der Waals surface area contributed by atoms with Crippen molar-refractivity contribution >= 4 is 5.69 Å². The number of hydrogen-bond acceptors (Lipinski definition) is 4. The van der Waals surface area contributed by atoms with Crippen molar-refractivity contribution in [3.63, 3.8) is 0 Å². The largest absolute Gasteiger partial charge is 0.506 e. The van der Waals surface area contributed by atoms with Crippen LogP contribution in [0.4, 0.5) is 5.69 Å². The molecule has 0 fully saturated rings. The summed E-state index contributed by atoms with van der Waals surface area (Å²) in [7, 11) is 0. The van der Waals surface area contributed by atoms with Gasteiger partial charge < -0.3 is 10.4 Å². The van der Waals surface area contributed by atoms with E-state index < -0.39 is 0 Å². The van der Waals surface area contributed by atoms with Crippen LogP contribution in [0.1, 0.15) is 5.69 Å². The molecule has 20 heavy (non-hydrogen) atoms. The van der Waals surface area contributed by atoms with Crippen molar-refractivity contribution < 1.29 is 5.11 Å². The first kappa shape index (κ1) is 12.2. The van der Waals surface area contributed by atoms with Crippen LogP contribution in [-0.4, -0.2) is 20.3 Å². The number of aromatic nitrogens is 3. The highest BCUT2D eigenvalue weighted by Gasteiger charge is 1.99. The number of nitrogens with one attached hydrogen (secondary N) is 2. The Hall–Kier alpha value is -2.82. The molecule has 3 N–H and O–H groups in total. The number of pyridine rings is 1. The van der Waals surface area contributed by atoms with E-state index in [9.17, 15) is 5.11 Å². The molecule has 3 aromatic rings. The number of aromatic hydroxyl groups is 1. The van der Waals surface area contributed by atoms with Gasteiger partial charge in [-0.2, -0.15) is 5.10 Å². The molecule has 2 aromatic heterocycles. The van der Waals surface area contributed by atoms with E-state index in [2.05, 4.69) is 20.5 Å². The topological polar surface area (TPSA) is 73.8 Å². The van der Waals surface area contributed by atoms with Crippen LogP contribution in [-0.2, 0) is 6.54 Å². The molecule has 0 aliphatic carbocycles. The second-order valence-electron chi connectivity index (χ2n) is 4.41. The van der Waals surface area contributed by atoms with Gasteiger partial charge in [-0.15, -0.1) is 0 Å². The highest BCUT2D eigenvalue weighted by Crippen LogP contribution is 2.19. The van der Waals surface area contributed by atoms with Crippen LogP contribution in [0.3, 0.4) is 0 Å². The van der Waals surface area contributed by atoms with Gasteiger partial charge in [-0.25, -0.2) is 0 Å². The van der Waals surface area contributed by atoms with E-state index in [1.165, 1.54) is 6.20 Å². The van der Waals surface area contributed by atoms with Gasteiger partial charge in [0.25, 0.3) is 0 Å². The summed E-state index contributed by atoms with van der Waals surface area (Å²) in [5.74, 6) is 0.178. The fourth-order valence-corrected chi connectivity index (χ4v) is 1.90. The Morgan fingerprint density at radius 3 is 2.55 bits per heavy atom. The third-order valence-electron chi connectivity index (χ3n) is 2.98. The molecule has 0 bridgehead atoms. The summed E-state index contributed by atoms with van der Waals surface area (Å²) in [5.41, 5.74) is 3.98. The van der Waals surface area contributed by atoms with Crippen molar-refractivity contribution in [3.8, 4) is 17.0 Å². The Kier molecular flexibility index (Phi) is 3.33. The lowest BCUT2D eigenvalue weighted by molar-refractivity contribution is 0.472.